The minimum Gasteiger partial charge on any atom is -0.305 e. The van der Waals surface area contributed by atoms with E-state index in [1.165, 1.54) is 81.0 Å². The van der Waals surface area contributed by atoms with Crippen molar-refractivity contribution in [3.8, 4) is 33.6 Å². The van der Waals surface area contributed by atoms with Gasteiger partial charge >= 0.3 is 0 Å². The molecule has 0 bridgehead atoms. The third-order valence-corrected chi connectivity index (χ3v) is 14.1. The van der Waals surface area contributed by atoms with Crippen LogP contribution in [0.25, 0.3) is 53.8 Å². The van der Waals surface area contributed by atoms with Crippen LogP contribution in [0, 0.1) is 30.4 Å². The molecule has 0 unspecified atom stereocenters. The molecule has 0 N–H and O–H groups in total. The average molecular weight is 935 g/mol. The van der Waals surface area contributed by atoms with Crippen LogP contribution >= 0.6 is 11.3 Å². The van der Waals surface area contributed by atoms with Crippen LogP contribution in [-0.4, -0.2) is 18.0 Å². The second-order valence-corrected chi connectivity index (χ2v) is 23.5. The van der Waals surface area contributed by atoms with Gasteiger partial charge in [-0.3, -0.25) is 0 Å². The zero-order valence-corrected chi connectivity index (χ0v) is 37.8. The Labute approximate surface area is 348 Å². The van der Waals surface area contributed by atoms with Crippen LogP contribution in [0.3, 0.4) is 0 Å². The number of rotatable bonds is 7. The Balaban J connectivity index is 0.000000192. The van der Waals surface area contributed by atoms with Crippen LogP contribution < -0.4 is 5.19 Å². The van der Waals surface area contributed by atoms with E-state index in [1.54, 1.807) is 10.8 Å². The predicted octanol–water partition coefficient (Wildman–Crippen LogP) is 13.7. The minimum absolute atomic E-state index is 0. The molecule has 55 heavy (non-hydrogen) atoms. The minimum atomic E-state index is -1.36. The fourth-order valence-electron chi connectivity index (χ4n) is 8.01. The Morgan fingerprint density at radius 1 is 0.727 bits per heavy atom. The number of benzene rings is 4. The van der Waals surface area contributed by atoms with E-state index in [0.29, 0.717) is 0 Å². The molecule has 1 aliphatic rings. The smallest absolute Gasteiger partial charge is 0.0798 e. The van der Waals surface area contributed by atoms with Crippen molar-refractivity contribution in [2.45, 2.75) is 92.3 Å². The van der Waals surface area contributed by atoms with Gasteiger partial charge in [0.05, 0.1) is 8.07 Å². The molecule has 1 fully saturated rings. The van der Waals surface area contributed by atoms with Crippen molar-refractivity contribution in [2.75, 3.05) is 0 Å². The Morgan fingerprint density at radius 2 is 1.44 bits per heavy atom. The van der Waals surface area contributed by atoms with Crippen LogP contribution in [0.4, 0.5) is 0 Å². The Hall–Kier alpha value is -3.73. The van der Waals surface area contributed by atoms with E-state index in [0.717, 1.165) is 34.9 Å². The summed E-state index contributed by atoms with van der Waals surface area (Å²) in [6.45, 7) is 16.3. The summed E-state index contributed by atoms with van der Waals surface area (Å²) in [5.41, 5.74) is 11.3. The second kappa shape index (κ2) is 17.6. The third kappa shape index (κ3) is 9.81. The van der Waals surface area contributed by atoms with Gasteiger partial charge in [-0.2, -0.15) is 11.3 Å². The van der Waals surface area contributed by atoms with E-state index in [1.807, 2.05) is 35.7 Å². The first-order valence-corrected chi connectivity index (χ1v) is 24.1. The van der Waals surface area contributed by atoms with Crippen molar-refractivity contribution < 1.29 is 20.1 Å². The Kier molecular flexibility index (Phi) is 13.1. The standard InChI is InChI=1S/C29H26NS.C21H28NSi.Ir/c1-19-18-30-26(16-21(19)17-29(2,3)4)25-15-9-14-24-23-13-8-12-22(27(23)31-28(24)25)20-10-6-5-7-11-20;1-23(2,3)21-16-22-20(18-12-8-5-9-13-18)15-19(21)14-17-10-6-4-7-11-17;/h5-14,16,18H,17H2,1-4H3;5,8-9,12,15-17H,4,6-7,10-11,14H2,1-3H3;/q2*-1;. The number of nitrogens with zero attached hydrogens (tertiary/aromatic N) is 2. The summed E-state index contributed by atoms with van der Waals surface area (Å²) < 4.78 is 2.59. The fraction of sp³-hybridized carbons (Fsp3) is 0.320. The van der Waals surface area contributed by atoms with E-state index in [-0.39, 0.29) is 25.5 Å². The van der Waals surface area contributed by atoms with E-state index in [9.17, 15) is 0 Å². The summed E-state index contributed by atoms with van der Waals surface area (Å²) in [5, 5.41) is 4.13. The number of aromatic nitrogens is 2. The van der Waals surface area contributed by atoms with Gasteiger partial charge in [-0.25, -0.2) is 0 Å². The number of pyridine rings is 2. The average Bonchev–Trinajstić information content (AvgIpc) is 3.55. The maximum atomic E-state index is 4.82. The molecule has 7 aromatic rings. The first kappa shape index (κ1) is 40.9. The molecule has 2 nitrogen and oxygen atoms in total. The maximum Gasteiger partial charge on any atom is 0.0798 e. The van der Waals surface area contributed by atoms with Gasteiger partial charge in [0.2, 0.25) is 0 Å². The van der Waals surface area contributed by atoms with Crippen molar-refractivity contribution in [3.63, 3.8) is 0 Å². The zero-order chi connectivity index (χ0) is 37.9. The Morgan fingerprint density at radius 3 is 2.15 bits per heavy atom. The van der Waals surface area contributed by atoms with Crippen LogP contribution in [0.1, 0.15) is 69.6 Å². The number of hydrogen-bond donors (Lipinski definition) is 0. The van der Waals surface area contributed by atoms with Gasteiger partial charge in [0.15, 0.2) is 0 Å². The van der Waals surface area contributed by atoms with E-state index < -0.39 is 8.07 Å². The second-order valence-electron chi connectivity index (χ2n) is 17.4. The molecular formula is C50H54IrN2SSi-2. The van der Waals surface area contributed by atoms with Gasteiger partial charge in [0.1, 0.15) is 0 Å². The van der Waals surface area contributed by atoms with Crippen molar-refractivity contribution in [1.29, 1.82) is 0 Å². The zero-order valence-electron chi connectivity index (χ0n) is 33.6. The van der Waals surface area contributed by atoms with Crippen molar-refractivity contribution in [3.05, 3.63) is 138 Å². The number of hydrogen-bond acceptors (Lipinski definition) is 3. The fourth-order valence-corrected chi connectivity index (χ4v) is 10.9. The van der Waals surface area contributed by atoms with Crippen molar-refractivity contribution in [1.82, 2.24) is 9.97 Å². The molecule has 8 rings (SSSR count). The molecule has 4 aromatic carbocycles. The summed E-state index contributed by atoms with van der Waals surface area (Å²) in [5.74, 6) is 0.869. The Bertz CT molecular complexity index is 2350. The number of thiophene rings is 1. The first-order valence-electron chi connectivity index (χ1n) is 19.8. The third-order valence-electron chi connectivity index (χ3n) is 10.8. The van der Waals surface area contributed by atoms with E-state index >= 15 is 0 Å². The SMILES string of the molecule is C[Si](C)(C)c1cnc(-c2[c-]cccc2)cc1CC1CCCCC1.Cc1cnc(-c2[c-]ccc3c2sc2c(-c4ccccc4)cccc23)cc1CC(C)(C)C.[Ir]. The molecule has 5 heteroatoms. The molecule has 1 aliphatic carbocycles. The molecule has 0 amide bonds. The summed E-state index contributed by atoms with van der Waals surface area (Å²) in [4.78, 5) is 9.59. The van der Waals surface area contributed by atoms with Gasteiger partial charge in [-0.05, 0) is 74.4 Å². The molecule has 3 aromatic heterocycles. The largest absolute Gasteiger partial charge is 0.305 e. The van der Waals surface area contributed by atoms with Gasteiger partial charge in [-0.15, -0.1) is 59.7 Å². The molecule has 0 atom stereocenters. The maximum absolute atomic E-state index is 4.82. The van der Waals surface area contributed by atoms with Crippen LogP contribution in [-0.2, 0) is 32.9 Å². The number of aryl methyl sites for hydroxylation is 1. The molecule has 1 saturated carbocycles. The van der Waals surface area contributed by atoms with E-state index in [4.69, 9.17) is 9.97 Å². The summed E-state index contributed by atoms with van der Waals surface area (Å²) in [6, 6.07) is 41.1. The van der Waals surface area contributed by atoms with Gasteiger partial charge in [0, 0.05) is 37.2 Å². The molecule has 0 aliphatic heterocycles. The summed E-state index contributed by atoms with van der Waals surface area (Å²) in [7, 11) is -1.36. The topological polar surface area (TPSA) is 25.8 Å². The van der Waals surface area contributed by atoms with Gasteiger partial charge < -0.3 is 9.97 Å². The molecular weight excluding hydrogens is 881 g/mol. The van der Waals surface area contributed by atoms with Crippen molar-refractivity contribution in [2.24, 2.45) is 11.3 Å². The monoisotopic (exact) mass is 935 g/mol. The normalized spacial score (nSPS) is 13.7. The molecule has 0 spiro atoms. The van der Waals surface area contributed by atoms with E-state index in [2.05, 4.69) is 145 Å². The predicted molar refractivity (Wildman–Crippen MR) is 236 cm³/mol. The van der Waals surface area contributed by atoms with Crippen molar-refractivity contribution >= 4 is 44.8 Å². The summed E-state index contributed by atoms with van der Waals surface area (Å²) in [6.07, 6.45) is 13.5. The van der Waals surface area contributed by atoms with Crippen LogP contribution in [0.5, 0.6) is 0 Å². The molecule has 285 valence electrons. The first-order chi connectivity index (χ1) is 25.9. The molecule has 0 saturated heterocycles. The number of fused-ring (bicyclic) bond motifs is 3. The van der Waals surface area contributed by atoms with Crippen LogP contribution in [0.2, 0.25) is 19.6 Å². The van der Waals surface area contributed by atoms with Crippen LogP contribution in [0.15, 0.2) is 109 Å². The summed E-state index contributed by atoms with van der Waals surface area (Å²) >= 11 is 1.86. The van der Waals surface area contributed by atoms with Gasteiger partial charge in [0.25, 0.3) is 0 Å². The quantitative estimate of drug-likeness (QED) is 0.118. The molecule has 1 radical (unpaired) electrons. The molecule has 3 heterocycles. The van der Waals surface area contributed by atoms with Gasteiger partial charge in [-0.1, -0.05) is 150 Å².